The van der Waals surface area contributed by atoms with E-state index in [4.69, 9.17) is 19.5 Å². The lowest BCUT2D eigenvalue weighted by molar-refractivity contribution is -0.126. The third-order valence-electron chi connectivity index (χ3n) is 4.19. The number of nitrogens with zero attached hydrogens (tertiary/aromatic N) is 2. The van der Waals surface area contributed by atoms with Gasteiger partial charge in [-0.25, -0.2) is 4.79 Å². The monoisotopic (exact) mass is 380 g/mol. The number of benzene rings is 2. The first-order valence-corrected chi connectivity index (χ1v) is 8.94. The molecule has 0 N–H and O–H groups in total. The Morgan fingerprint density at radius 2 is 1.86 bits per heavy atom. The number of nitriles is 1. The van der Waals surface area contributed by atoms with E-state index in [2.05, 4.69) is 0 Å². The van der Waals surface area contributed by atoms with Crippen LogP contribution in [0, 0.1) is 11.3 Å². The molecule has 0 aliphatic carbocycles. The Morgan fingerprint density at radius 1 is 1.14 bits per heavy atom. The zero-order valence-electron chi connectivity index (χ0n) is 15.5. The average Bonchev–Trinajstić information content (AvgIpc) is 2.74. The number of hydrogen-bond donors (Lipinski definition) is 0. The zero-order chi connectivity index (χ0) is 19.9. The number of amides is 1. The summed E-state index contributed by atoms with van der Waals surface area (Å²) in [5, 5.41) is 8.88. The van der Waals surface area contributed by atoms with E-state index in [0.29, 0.717) is 30.4 Å². The van der Waals surface area contributed by atoms with Gasteiger partial charge in [0.15, 0.2) is 17.6 Å². The van der Waals surface area contributed by atoms with E-state index in [1.165, 1.54) is 11.8 Å². The topological polar surface area (TPSA) is 88.9 Å². The number of rotatable bonds is 6. The highest BCUT2D eigenvalue weighted by Gasteiger charge is 2.26. The number of esters is 1. The molecule has 0 spiro atoms. The lowest BCUT2D eigenvalue weighted by Crippen LogP contribution is -2.40. The van der Waals surface area contributed by atoms with Crippen LogP contribution in [0.25, 0.3) is 0 Å². The smallest absolute Gasteiger partial charge is 0.339 e. The molecule has 0 saturated carbocycles. The van der Waals surface area contributed by atoms with E-state index in [-0.39, 0.29) is 18.5 Å². The highest BCUT2D eigenvalue weighted by Crippen LogP contribution is 2.31. The molecular weight excluding hydrogens is 360 g/mol. The van der Waals surface area contributed by atoms with Crippen LogP contribution in [0.3, 0.4) is 0 Å². The summed E-state index contributed by atoms with van der Waals surface area (Å²) in [5.41, 5.74) is 0.914. The van der Waals surface area contributed by atoms with Gasteiger partial charge >= 0.3 is 5.97 Å². The Balaban J connectivity index is 1.71. The molecule has 0 radical (unpaired) electrons. The normalized spacial score (nSPS) is 13.1. The molecule has 3 rings (SSSR count). The molecule has 1 amide bonds. The van der Waals surface area contributed by atoms with Gasteiger partial charge in [-0.3, -0.25) is 4.79 Å². The van der Waals surface area contributed by atoms with Crippen molar-refractivity contribution in [1.82, 2.24) is 0 Å². The molecule has 0 fully saturated rings. The highest BCUT2D eigenvalue weighted by atomic mass is 16.6. The minimum atomic E-state index is -1.01. The molecule has 28 heavy (non-hydrogen) atoms. The van der Waals surface area contributed by atoms with Gasteiger partial charge in [-0.1, -0.05) is 18.2 Å². The van der Waals surface area contributed by atoms with E-state index in [1.54, 1.807) is 42.5 Å². The maximum atomic E-state index is 12.8. The van der Waals surface area contributed by atoms with Crippen molar-refractivity contribution in [2.24, 2.45) is 0 Å². The lowest BCUT2D eigenvalue weighted by atomic mass is 10.2. The third-order valence-corrected chi connectivity index (χ3v) is 4.19. The fraction of sp³-hybridized carbons (Fsp3) is 0.286. The van der Waals surface area contributed by atoms with Crippen molar-refractivity contribution >= 4 is 17.6 Å². The summed E-state index contributed by atoms with van der Waals surface area (Å²) in [6, 6.07) is 15.7. The number of carbonyl (C=O) groups is 2. The predicted octanol–water partition coefficient (Wildman–Crippen LogP) is 2.95. The average molecular weight is 380 g/mol. The van der Waals surface area contributed by atoms with Crippen LogP contribution in [0.5, 0.6) is 11.5 Å². The SMILES string of the molecule is C[C@H](OC(=O)c1ccc2c(c1)OCCO2)C(=O)N(CCC#N)c1ccccc1. The molecule has 0 aromatic heterocycles. The van der Waals surface area contributed by atoms with Crippen LogP contribution in [-0.2, 0) is 9.53 Å². The minimum Gasteiger partial charge on any atom is -0.486 e. The molecule has 2 aromatic rings. The van der Waals surface area contributed by atoms with Crippen molar-refractivity contribution in [3.8, 4) is 17.6 Å². The second-order valence-corrected chi connectivity index (χ2v) is 6.14. The van der Waals surface area contributed by atoms with Gasteiger partial charge in [0.05, 0.1) is 18.1 Å². The summed E-state index contributed by atoms with van der Waals surface area (Å²) in [7, 11) is 0. The quantitative estimate of drug-likeness (QED) is 0.716. The third kappa shape index (κ3) is 4.41. The number of carbonyl (C=O) groups excluding carboxylic acids is 2. The van der Waals surface area contributed by atoms with Crippen LogP contribution in [0.15, 0.2) is 48.5 Å². The Labute approximate surface area is 163 Å². The number of para-hydroxylation sites is 1. The van der Waals surface area contributed by atoms with Crippen LogP contribution >= 0.6 is 0 Å². The van der Waals surface area contributed by atoms with Crippen LogP contribution in [-0.4, -0.2) is 37.7 Å². The number of ether oxygens (including phenoxy) is 3. The molecule has 2 aromatic carbocycles. The largest absolute Gasteiger partial charge is 0.486 e. The molecular formula is C21H20N2O5. The summed E-state index contributed by atoms with van der Waals surface area (Å²) in [6.07, 6.45) is -0.844. The minimum absolute atomic E-state index is 0.170. The molecule has 0 bridgehead atoms. The molecule has 7 nitrogen and oxygen atoms in total. The molecule has 1 atom stereocenters. The van der Waals surface area contributed by atoms with E-state index < -0.39 is 18.0 Å². The van der Waals surface area contributed by atoms with Gasteiger partial charge in [-0.2, -0.15) is 5.26 Å². The van der Waals surface area contributed by atoms with Gasteiger partial charge in [-0.15, -0.1) is 0 Å². The Hall–Kier alpha value is -3.53. The van der Waals surface area contributed by atoms with Crippen LogP contribution < -0.4 is 14.4 Å². The van der Waals surface area contributed by atoms with Crippen LogP contribution in [0.2, 0.25) is 0 Å². The van der Waals surface area contributed by atoms with Crippen molar-refractivity contribution in [3.05, 3.63) is 54.1 Å². The molecule has 1 heterocycles. The van der Waals surface area contributed by atoms with Gasteiger partial charge in [-0.05, 0) is 37.3 Å². The second-order valence-electron chi connectivity index (χ2n) is 6.14. The van der Waals surface area contributed by atoms with Crippen molar-refractivity contribution in [2.75, 3.05) is 24.7 Å². The number of fused-ring (bicyclic) bond motifs is 1. The first-order chi connectivity index (χ1) is 13.6. The van der Waals surface area contributed by atoms with E-state index >= 15 is 0 Å². The fourth-order valence-corrected chi connectivity index (χ4v) is 2.81. The zero-order valence-corrected chi connectivity index (χ0v) is 15.5. The first kappa shape index (κ1) is 19.2. The van der Waals surface area contributed by atoms with E-state index in [9.17, 15) is 9.59 Å². The molecule has 1 aliphatic rings. The maximum absolute atomic E-state index is 12.8. The van der Waals surface area contributed by atoms with Crippen LogP contribution in [0.4, 0.5) is 5.69 Å². The molecule has 7 heteroatoms. The van der Waals surface area contributed by atoms with Gasteiger partial charge in [0, 0.05) is 12.2 Å². The van der Waals surface area contributed by atoms with Crippen molar-refractivity contribution in [3.63, 3.8) is 0 Å². The standard InChI is InChI=1S/C21H20N2O5/c1-15(20(24)23(11-5-10-22)17-6-3-2-4-7-17)28-21(25)16-8-9-18-19(14-16)27-13-12-26-18/h2-4,6-9,14-15H,5,11-13H2,1H3/t15-/m0/s1. The molecule has 144 valence electrons. The summed E-state index contributed by atoms with van der Waals surface area (Å²) in [4.78, 5) is 26.8. The lowest BCUT2D eigenvalue weighted by Gasteiger charge is -2.25. The Kier molecular flexibility index (Phi) is 6.12. The number of anilines is 1. The molecule has 0 unspecified atom stereocenters. The van der Waals surface area contributed by atoms with E-state index in [0.717, 1.165) is 0 Å². The summed E-state index contributed by atoms with van der Waals surface area (Å²) in [6.45, 7) is 2.59. The number of hydrogen-bond acceptors (Lipinski definition) is 6. The summed E-state index contributed by atoms with van der Waals surface area (Å²) >= 11 is 0. The van der Waals surface area contributed by atoms with Crippen molar-refractivity contribution < 1.29 is 23.8 Å². The second kappa shape index (κ2) is 8.91. The van der Waals surface area contributed by atoms with Gasteiger partial charge < -0.3 is 19.1 Å². The molecule has 1 aliphatic heterocycles. The van der Waals surface area contributed by atoms with Gasteiger partial charge in [0.1, 0.15) is 13.2 Å². The Bertz CT molecular complexity index is 891. The van der Waals surface area contributed by atoms with Crippen LogP contribution in [0.1, 0.15) is 23.7 Å². The summed E-state index contributed by atoms with van der Waals surface area (Å²) in [5.74, 6) is 0.0109. The van der Waals surface area contributed by atoms with Crippen molar-refractivity contribution in [1.29, 1.82) is 5.26 Å². The predicted molar refractivity (Wildman–Crippen MR) is 101 cm³/mol. The molecule has 0 saturated heterocycles. The van der Waals surface area contributed by atoms with E-state index in [1.807, 2.05) is 12.1 Å². The maximum Gasteiger partial charge on any atom is 0.339 e. The highest BCUT2D eigenvalue weighted by molar-refractivity contribution is 5.99. The first-order valence-electron chi connectivity index (χ1n) is 8.94. The van der Waals surface area contributed by atoms with Crippen molar-refractivity contribution in [2.45, 2.75) is 19.4 Å². The van der Waals surface area contributed by atoms with Gasteiger partial charge in [0.2, 0.25) is 0 Å². The summed E-state index contributed by atoms with van der Waals surface area (Å²) < 4.78 is 16.3. The Morgan fingerprint density at radius 3 is 2.57 bits per heavy atom. The fourth-order valence-electron chi connectivity index (χ4n) is 2.81. The van der Waals surface area contributed by atoms with Gasteiger partial charge in [0.25, 0.3) is 5.91 Å².